The molecular weight excluding hydrogens is 349 g/mol. The molecule has 0 N–H and O–H groups in total. The minimum Gasteiger partial charge on any atom is -0.262 e. The van der Waals surface area contributed by atoms with Crippen molar-refractivity contribution in [3.05, 3.63) is 95.3 Å². The summed E-state index contributed by atoms with van der Waals surface area (Å²) in [6, 6.07) is 20.0. The molecule has 0 aliphatic heterocycles. The lowest BCUT2D eigenvalue weighted by Crippen LogP contribution is -2.30. The Labute approximate surface area is 153 Å². The molecule has 0 atom stereocenters. The van der Waals surface area contributed by atoms with Gasteiger partial charge in [-0.3, -0.25) is 4.31 Å². The highest BCUT2D eigenvalue weighted by atomic mass is 32.2. The monoisotopic (exact) mass is 369 g/mol. The molecule has 3 aromatic rings. The van der Waals surface area contributed by atoms with Crippen LogP contribution >= 0.6 is 0 Å². The van der Waals surface area contributed by atoms with E-state index < -0.39 is 15.8 Å². The third kappa shape index (κ3) is 3.94. The molecule has 0 aliphatic carbocycles. The van der Waals surface area contributed by atoms with Crippen LogP contribution in [0.5, 0.6) is 0 Å². The number of hydrogen-bond acceptors (Lipinski definition) is 2. The second-order valence-electron chi connectivity index (χ2n) is 6.29. The number of aryl methyl sites for hydroxylation is 2. The minimum atomic E-state index is -3.83. The van der Waals surface area contributed by atoms with E-state index in [0.717, 1.165) is 28.8 Å². The van der Waals surface area contributed by atoms with Crippen molar-refractivity contribution in [3.63, 3.8) is 0 Å². The topological polar surface area (TPSA) is 37.4 Å². The number of benzene rings is 3. The minimum absolute atomic E-state index is 0.0630. The van der Waals surface area contributed by atoms with Crippen LogP contribution in [0.3, 0.4) is 0 Å². The van der Waals surface area contributed by atoms with E-state index >= 15 is 0 Å². The Bertz CT molecular complexity index is 1010. The molecule has 3 rings (SSSR count). The van der Waals surface area contributed by atoms with Crippen molar-refractivity contribution in [2.45, 2.75) is 25.3 Å². The third-order valence-electron chi connectivity index (χ3n) is 4.10. The summed E-state index contributed by atoms with van der Waals surface area (Å²) in [7, 11) is -3.83. The summed E-state index contributed by atoms with van der Waals surface area (Å²) in [5.41, 5.74) is 3.49. The molecular formula is C21H20FNO2S. The fourth-order valence-electron chi connectivity index (χ4n) is 2.81. The molecule has 0 unspecified atom stereocenters. The molecule has 134 valence electrons. The van der Waals surface area contributed by atoms with Gasteiger partial charge in [0.05, 0.1) is 17.1 Å². The van der Waals surface area contributed by atoms with Gasteiger partial charge < -0.3 is 0 Å². The number of anilines is 1. The molecule has 26 heavy (non-hydrogen) atoms. The number of nitrogens with zero attached hydrogens (tertiary/aromatic N) is 1. The van der Waals surface area contributed by atoms with Gasteiger partial charge in [-0.15, -0.1) is 0 Å². The Balaban J connectivity index is 2.09. The molecule has 0 amide bonds. The highest BCUT2D eigenvalue weighted by Gasteiger charge is 2.25. The van der Waals surface area contributed by atoms with Gasteiger partial charge in [0.15, 0.2) is 0 Å². The van der Waals surface area contributed by atoms with Gasteiger partial charge in [-0.1, -0.05) is 42.0 Å². The van der Waals surface area contributed by atoms with Gasteiger partial charge in [0, 0.05) is 0 Å². The first kappa shape index (κ1) is 18.1. The highest BCUT2D eigenvalue weighted by Crippen LogP contribution is 2.27. The fourth-order valence-corrected chi connectivity index (χ4v) is 4.25. The predicted octanol–water partition coefficient (Wildman–Crippen LogP) is 4.84. The number of sulfonamides is 1. The Morgan fingerprint density at radius 2 is 1.46 bits per heavy atom. The van der Waals surface area contributed by atoms with Gasteiger partial charge >= 0.3 is 0 Å². The van der Waals surface area contributed by atoms with Gasteiger partial charge in [0.2, 0.25) is 0 Å². The van der Waals surface area contributed by atoms with Crippen molar-refractivity contribution in [2.24, 2.45) is 0 Å². The normalized spacial score (nSPS) is 11.3. The average molecular weight is 369 g/mol. The first-order valence-electron chi connectivity index (χ1n) is 8.27. The van der Waals surface area contributed by atoms with Crippen LogP contribution in [0.4, 0.5) is 10.1 Å². The summed E-state index contributed by atoms with van der Waals surface area (Å²) in [5, 5.41) is 0. The van der Waals surface area contributed by atoms with Crippen LogP contribution in [-0.4, -0.2) is 8.42 Å². The van der Waals surface area contributed by atoms with Crippen molar-refractivity contribution in [2.75, 3.05) is 4.31 Å². The van der Waals surface area contributed by atoms with Crippen molar-refractivity contribution < 1.29 is 12.8 Å². The molecule has 0 saturated carbocycles. The van der Waals surface area contributed by atoms with Crippen LogP contribution in [0.15, 0.2) is 77.7 Å². The van der Waals surface area contributed by atoms with Crippen molar-refractivity contribution >= 4 is 15.7 Å². The molecule has 0 aromatic heterocycles. The van der Waals surface area contributed by atoms with Crippen LogP contribution in [0.2, 0.25) is 0 Å². The van der Waals surface area contributed by atoms with E-state index in [1.807, 2.05) is 56.3 Å². The molecule has 0 bridgehead atoms. The predicted molar refractivity (Wildman–Crippen MR) is 102 cm³/mol. The molecule has 0 fully saturated rings. The van der Waals surface area contributed by atoms with Crippen LogP contribution in [0, 0.1) is 19.7 Å². The molecule has 0 aliphatic rings. The summed E-state index contributed by atoms with van der Waals surface area (Å²) in [5.74, 6) is -0.468. The molecule has 3 nitrogen and oxygen atoms in total. The van der Waals surface area contributed by atoms with E-state index in [1.54, 1.807) is 6.07 Å². The summed E-state index contributed by atoms with van der Waals surface area (Å²) in [6.45, 7) is 4.08. The van der Waals surface area contributed by atoms with Gasteiger partial charge in [-0.05, 0) is 61.4 Å². The highest BCUT2D eigenvalue weighted by molar-refractivity contribution is 7.92. The molecule has 0 radical (unpaired) electrons. The first-order valence-corrected chi connectivity index (χ1v) is 9.71. The SMILES string of the molecule is Cc1cccc(CN(c2cccc(C)c2)S(=O)(=O)c2ccc(F)cc2)c1. The molecule has 0 saturated heterocycles. The van der Waals surface area contributed by atoms with Gasteiger partial charge in [0.1, 0.15) is 5.82 Å². The Kier molecular flexibility index (Phi) is 5.09. The van der Waals surface area contributed by atoms with Crippen LogP contribution < -0.4 is 4.31 Å². The zero-order valence-corrected chi connectivity index (χ0v) is 15.5. The third-order valence-corrected chi connectivity index (χ3v) is 5.89. The summed E-state index contributed by atoms with van der Waals surface area (Å²) in [4.78, 5) is 0.0630. The van der Waals surface area contributed by atoms with E-state index in [4.69, 9.17) is 0 Å². The zero-order chi connectivity index (χ0) is 18.7. The fraction of sp³-hybridized carbons (Fsp3) is 0.143. The van der Waals surface area contributed by atoms with Crippen molar-refractivity contribution in [3.8, 4) is 0 Å². The first-order chi connectivity index (χ1) is 12.4. The number of rotatable bonds is 5. The van der Waals surface area contributed by atoms with Crippen molar-refractivity contribution in [1.82, 2.24) is 0 Å². The lowest BCUT2D eigenvalue weighted by molar-refractivity contribution is 0.589. The zero-order valence-electron chi connectivity index (χ0n) is 14.7. The van der Waals surface area contributed by atoms with E-state index in [1.165, 1.54) is 16.4 Å². The Hall–Kier alpha value is -2.66. The lowest BCUT2D eigenvalue weighted by atomic mass is 10.1. The molecule has 0 heterocycles. The molecule has 5 heteroatoms. The van der Waals surface area contributed by atoms with Gasteiger partial charge in [-0.2, -0.15) is 0 Å². The second kappa shape index (κ2) is 7.30. The van der Waals surface area contributed by atoms with Crippen LogP contribution in [0.25, 0.3) is 0 Å². The summed E-state index contributed by atoms with van der Waals surface area (Å²) < 4.78 is 41.1. The standard InChI is InChI=1S/C21H20FNO2S/c1-16-5-3-7-18(13-16)15-23(20-8-4-6-17(2)14-20)26(24,25)21-11-9-19(22)10-12-21/h3-14H,15H2,1-2H3. The van der Waals surface area contributed by atoms with Crippen molar-refractivity contribution in [1.29, 1.82) is 0 Å². The maximum absolute atomic E-state index is 13.2. The lowest BCUT2D eigenvalue weighted by Gasteiger charge is -2.25. The number of halogens is 1. The largest absolute Gasteiger partial charge is 0.264 e. The smallest absolute Gasteiger partial charge is 0.262 e. The summed E-state index contributed by atoms with van der Waals surface area (Å²) >= 11 is 0. The maximum Gasteiger partial charge on any atom is 0.264 e. The summed E-state index contributed by atoms with van der Waals surface area (Å²) in [6.07, 6.45) is 0. The second-order valence-corrected chi connectivity index (χ2v) is 8.16. The van der Waals surface area contributed by atoms with E-state index in [2.05, 4.69) is 0 Å². The van der Waals surface area contributed by atoms with Crippen LogP contribution in [-0.2, 0) is 16.6 Å². The Morgan fingerprint density at radius 3 is 2.08 bits per heavy atom. The Morgan fingerprint density at radius 1 is 0.846 bits per heavy atom. The number of hydrogen-bond donors (Lipinski definition) is 0. The van der Waals surface area contributed by atoms with Gasteiger partial charge in [0.25, 0.3) is 10.0 Å². The quantitative estimate of drug-likeness (QED) is 0.645. The maximum atomic E-state index is 13.2. The molecule has 3 aromatic carbocycles. The van der Waals surface area contributed by atoms with E-state index in [-0.39, 0.29) is 11.4 Å². The van der Waals surface area contributed by atoms with E-state index in [0.29, 0.717) is 5.69 Å². The van der Waals surface area contributed by atoms with E-state index in [9.17, 15) is 12.8 Å². The molecule has 0 spiro atoms. The van der Waals surface area contributed by atoms with Crippen LogP contribution in [0.1, 0.15) is 16.7 Å². The average Bonchev–Trinajstić information content (AvgIpc) is 2.60. The van der Waals surface area contributed by atoms with Gasteiger partial charge in [-0.25, -0.2) is 12.8 Å².